The van der Waals surface area contributed by atoms with Gasteiger partial charge in [0.25, 0.3) is 5.91 Å². The molecule has 0 fully saturated rings. The number of nitrogens with one attached hydrogen (secondary N) is 2. The fraction of sp³-hybridized carbons (Fsp3) is 0.250. The van der Waals surface area contributed by atoms with Crippen molar-refractivity contribution in [1.29, 1.82) is 0 Å². The molecule has 2 aromatic heterocycles. The molecule has 144 valence electrons. The number of furan rings is 1. The van der Waals surface area contributed by atoms with Crippen LogP contribution in [0.1, 0.15) is 31.2 Å². The van der Waals surface area contributed by atoms with Gasteiger partial charge >= 0.3 is 0 Å². The van der Waals surface area contributed by atoms with E-state index in [1.165, 1.54) is 0 Å². The zero-order valence-corrected chi connectivity index (χ0v) is 16.7. The number of amides is 1. The molecule has 0 bridgehead atoms. The molecule has 0 aliphatic carbocycles. The number of thioether (sulfide) groups is 1. The van der Waals surface area contributed by atoms with Crippen LogP contribution in [-0.4, -0.2) is 26.4 Å². The lowest BCUT2D eigenvalue weighted by Gasteiger charge is -2.27. The number of fused-ring (bicyclic) bond motifs is 1. The second-order valence-corrected chi connectivity index (χ2v) is 7.73. The average molecular weight is 395 g/mol. The summed E-state index contributed by atoms with van der Waals surface area (Å²) in [6, 6.07) is 10.9. The van der Waals surface area contributed by atoms with E-state index in [0.717, 1.165) is 22.7 Å². The van der Waals surface area contributed by atoms with Gasteiger partial charge in [0.05, 0.1) is 11.8 Å². The Labute approximate surface area is 167 Å². The van der Waals surface area contributed by atoms with Crippen molar-refractivity contribution in [3.8, 4) is 0 Å². The van der Waals surface area contributed by atoms with Crippen molar-refractivity contribution in [2.45, 2.75) is 32.0 Å². The van der Waals surface area contributed by atoms with Crippen molar-refractivity contribution in [2.24, 2.45) is 0 Å². The summed E-state index contributed by atoms with van der Waals surface area (Å²) in [6.07, 6.45) is 1.60. The predicted octanol–water partition coefficient (Wildman–Crippen LogP) is 4.22. The minimum absolute atomic E-state index is 0.206. The van der Waals surface area contributed by atoms with Gasteiger partial charge < -0.3 is 15.1 Å². The van der Waals surface area contributed by atoms with Gasteiger partial charge in [0.15, 0.2) is 0 Å². The molecule has 3 heterocycles. The van der Waals surface area contributed by atoms with Gasteiger partial charge in [-0.3, -0.25) is 4.79 Å². The standard InChI is InChI=1S/C20H21N5O2S/c1-4-28-20-23-19-21-13(3)16(17(25(19)24-20)15-9-6-10-27-15)18(26)22-14-8-5-7-12(2)11-14/h5-11,17H,4H2,1-3H3,(H,22,26)(H,21,23,24). The Morgan fingerprint density at radius 3 is 2.89 bits per heavy atom. The molecular formula is C20H21N5O2S. The summed E-state index contributed by atoms with van der Waals surface area (Å²) in [6.45, 7) is 5.90. The molecular weight excluding hydrogens is 374 g/mol. The van der Waals surface area contributed by atoms with Crippen LogP contribution in [0.4, 0.5) is 11.6 Å². The number of aromatic nitrogens is 3. The highest BCUT2D eigenvalue weighted by Gasteiger charge is 2.36. The normalized spacial score (nSPS) is 15.9. The molecule has 1 amide bonds. The smallest absolute Gasteiger partial charge is 0.256 e. The van der Waals surface area contributed by atoms with Crippen LogP contribution in [0, 0.1) is 6.92 Å². The Morgan fingerprint density at radius 2 is 2.18 bits per heavy atom. The van der Waals surface area contributed by atoms with Crippen molar-refractivity contribution in [3.05, 3.63) is 65.3 Å². The maximum Gasteiger partial charge on any atom is 0.256 e. The number of carbonyl (C=O) groups excluding carboxylic acids is 1. The van der Waals surface area contributed by atoms with Crippen molar-refractivity contribution < 1.29 is 9.21 Å². The number of hydrogen-bond acceptors (Lipinski definition) is 6. The van der Waals surface area contributed by atoms with Crippen LogP contribution in [0.3, 0.4) is 0 Å². The maximum absolute atomic E-state index is 13.2. The molecule has 0 radical (unpaired) electrons. The first kappa shape index (κ1) is 18.4. The largest absolute Gasteiger partial charge is 0.467 e. The Morgan fingerprint density at radius 1 is 1.32 bits per heavy atom. The zero-order chi connectivity index (χ0) is 19.7. The molecule has 1 aromatic carbocycles. The van der Waals surface area contributed by atoms with Crippen molar-refractivity contribution in [2.75, 3.05) is 16.4 Å². The quantitative estimate of drug-likeness (QED) is 0.629. The zero-order valence-electron chi connectivity index (χ0n) is 15.9. The third-order valence-electron chi connectivity index (χ3n) is 4.44. The Bertz CT molecular complexity index is 1040. The van der Waals surface area contributed by atoms with E-state index in [9.17, 15) is 4.79 Å². The van der Waals surface area contributed by atoms with E-state index in [-0.39, 0.29) is 5.91 Å². The van der Waals surface area contributed by atoms with E-state index in [1.807, 2.05) is 51.1 Å². The van der Waals surface area contributed by atoms with Gasteiger partial charge in [-0.05, 0) is 49.4 Å². The summed E-state index contributed by atoms with van der Waals surface area (Å²) in [5.41, 5.74) is 3.09. The van der Waals surface area contributed by atoms with Gasteiger partial charge in [-0.15, -0.1) is 5.10 Å². The van der Waals surface area contributed by atoms with Crippen LogP contribution in [0.2, 0.25) is 0 Å². The summed E-state index contributed by atoms with van der Waals surface area (Å²) in [4.78, 5) is 17.8. The fourth-order valence-electron chi connectivity index (χ4n) is 3.25. The monoisotopic (exact) mass is 395 g/mol. The van der Waals surface area contributed by atoms with E-state index in [2.05, 4.69) is 20.7 Å². The topological polar surface area (TPSA) is 85.0 Å². The first-order valence-corrected chi connectivity index (χ1v) is 10.0. The summed E-state index contributed by atoms with van der Waals surface area (Å²) in [7, 11) is 0. The highest BCUT2D eigenvalue weighted by molar-refractivity contribution is 7.99. The number of benzene rings is 1. The molecule has 2 N–H and O–H groups in total. The second-order valence-electron chi connectivity index (χ2n) is 6.50. The molecule has 1 aliphatic heterocycles. The molecule has 1 aliphatic rings. The van der Waals surface area contributed by atoms with Crippen LogP contribution in [-0.2, 0) is 4.79 Å². The number of carbonyl (C=O) groups is 1. The van der Waals surface area contributed by atoms with E-state index in [1.54, 1.807) is 28.8 Å². The molecule has 8 heteroatoms. The van der Waals surface area contributed by atoms with E-state index < -0.39 is 6.04 Å². The van der Waals surface area contributed by atoms with Gasteiger partial charge in [0.2, 0.25) is 11.1 Å². The van der Waals surface area contributed by atoms with Crippen molar-refractivity contribution in [3.63, 3.8) is 0 Å². The summed E-state index contributed by atoms with van der Waals surface area (Å²) >= 11 is 1.55. The van der Waals surface area contributed by atoms with E-state index in [4.69, 9.17) is 4.42 Å². The Balaban J connectivity index is 1.74. The number of anilines is 2. The third kappa shape index (κ3) is 3.43. The summed E-state index contributed by atoms with van der Waals surface area (Å²) in [5, 5.41) is 11.5. The minimum atomic E-state index is -0.491. The second kappa shape index (κ2) is 7.55. The van der Waals surface area contributed by atoms with Crippen LogP contribution in [0.15, 0.2) is 63.5 Å². The first-order chi connectivity index (χ1) is 13.6. The SMILES string of the molecule is CCSc1nc2n(n1)C(c1ccco1)C(C(=O)Nc1cccc(C)c1)=C(C)N2. The lowest BCUT2D eigenvalue weighted by Crippen LogP contribution is -2.31. The number of hydrogen-bond donors (Lipinski definition) is 2. The number of nitrogens with zero attached hydrogens (tertiary/aromatic N) is 3. The van der Waals surface area contributed by atoms with E-state index >= 15 is 0 Å². The van der Waals surface area contributed by atoms with Gasteiger partial charge in [0.1, 0.15) is 11.8 Å². The fourth-order valence-corrected chi connectivity index (χ4v) is 3.80. The third-order valence-corrected chi connectivity index (χ3v) is 5.16. The molecule has 4 rings (SSSR count). The maximum atomic E-state index is 13.2. The molecule has 0 spiro atoms. The van der Waals surface area contributed by atoms with Crippen molar-refractivity contribution in [1.82, 2.24) is 14.8 Å². The van der Waals surface area contributed by atoms with Gasteiger partial charge in [-0.25, -0.2) is 4.68 Å². The highest BCUT2D eigenvalue weighted by Crippen LogP contribution is 2.36. The van der Waals surface area contributed by atoms with Crippen LogP contribution < -0.4 is 10.6 Å². The number of allylic oxidation sites excluding steroid dienone is 1. The molecule has 3 aromatic rings. The molecule has 1 unspecified atom stereocenters. The van der Waals surface area contributed by atoms with Gasteiger partial charge in [0, 0.05) is 11.4 Å². The summed E-state index contributed by atoms with van der Waals surface area (Å²) < 4.78 is 7.38. The average Bonchev–Trinajstić information content (AvgIpc) is 3.30. The van der Waals surface area contributed by atoms with E-state index in [0.29, 0.717) is 22.4 Å². The Kier molecular flexibility index (Phi) is 4.95. The predicted molar refractivity (Wildman–Crippen MR) is 109 cm³/mol. The lowest BCUT2D eigenvalue weighted by molar-refractivity contribution is -0.113. The molecule has 1 atom stereocenters. The molecule has 28 heavy (non-hydrogen) atoms. The van der Waals surface area contributed by atoms with Crippen LogP contribution in [0.5, 0.6) is 0 Å². The van der Waals surface area contributed by atoms with Crippen LogP contribution in [0.25, 0.3) is 0 Å². The summed E-state index contributed by atoms with van der Waals surface area (Å²) in [5.74, 6) is 1.89. The Hall–Kier alpha value is -3.00. The lowest BCUT2D eigenvalue weighted by atomic mass is 10.00. The van der Waals surface area contributed by atoms with Gasteiger partial charge in [-0.1, -0.05) is 30.8 Å². The first-order valence-electron chi connectivity index (χ1n) is 9.05. The minimum Gasteiger partial charge on any atom is -0.467 e. The molecule has 7 nitrogen and oxygen atoms in total. The molecule has 0 saturated heterocycles. The highest BCUT2D eigenvalue weighted by atomic mass is 32.2. The molecule has 0 saturated carbocycles. The van der Waals surface area contributed by atoms with Gasteiger partial charge in [-0.2, -0.15) is 4.98 Å². The van der Waals surface area contributed by atoms with Crippen LogP contribution >= 0.6 is 11.8 Å². The van der Waals surface area contributed by atoms with Crippen molar-refractivity contribution >= 4 is 29.3 Å². The number of rotatable bonds is 5. The number of aryl methyl sites for hydroxylation is 1.